The Morgan fingerprint density at radius 1 is 1.29 bits per heavy atom. The molecule has 1 aromatic carbocycles. The van der Waals surface area contributed by atoms with Crippen molar-refractivity contribution < 1.29 is 22.5 Å². The van der Waals surface area contributed by atoms with Gasteiger partial charge >= 0.3 is 10.3 Å². The third-order valence-corrected chi connectivity index (χ3v) is 7.52. The lowest BCUT2D eigenvalue weighted by Crippen LogP contribution is -2.24. The molecule has 180 valence electrons. The summed E-state index contributed by atoms with van der Waals surface area (Å²) < 4.78 is 27.3. The maximum Gasteiger partial charge on any atom is 0.333 e. The molecule has 1 fully saturated rings. The Bertz CT molecular complexity index is 1270. The van der Waals surface area contributed by atoms with E-state index in [9.17, 15) is 18.3 Å². The van der Waals surface area contributed by atoms with Crippen LogP contribution in [-0.4, -0.2) is 48.0 Å². The molecule has 0 saturated heterocycles. The molecular formula is C22H23ClN4O5S2. The summed E-state index contributed by atoms with van der Waals surface area (Å²) in [6.07, 6.45) is 3.35. The Morgan fingerprint density at radius 3 is 2.79 bits per heavy atom. The number of aliphatic hydroxyl groups is 1. The van der Waals surface area contributed by atoms with Crippen molar-refractivity contribution in [2.24, 2.45) is 11.1 Å². The van der Waals surface area contributed by atoms with Gasteiger partial charge in [-0.15, -0.1) is 11.3 Å². The van der Waals surface area contributed by atoms with Gasteiger partial charge in [0.1, 0.15) is 12.1 Å². The van der Waals surface area contributed by atoms with E-state index in [4.69, 9.17) is 16.7 Å². The first kappa shape index (κ1) is 24.7. The topological polar surface area (TPSA) is 144 Å². The van der Waals surface area contributed by atoms with Crippen molar-refractivity contribution >= 4 is 44.8 Å². The van der Waals surface area contributed by atoms with Gasteiger partial charge in [-0.25, -0.2) is 15.1 Å². The summed E-state index contributed by atoms with van der Waals surface area (Å²) in [7, 11) is -4.09. The number of aliphatic hydroxyl groups excluding tert-OH is 1. The van der Waals surface area contributed by atoms with E-state index in [1.807, 2.05) is 30.3 Å². The van der Waals surface area contributed by atoms with Gasteiger partial charge in [0.05, 0.1) is 27.5 Å². The number of nitrogens with zero attached hydrogens (tertiary/aromatic N) is 2. The predicted molar refractivity (Wildman–Crippen MR) is 129 cm³/mol. The molecule has 9 nitrogen and oxygen atoms in total. The Hall–Kier alpha value is -2.41. The zero-order valence-electron chi connectivity index (χ0n) is 17.9. The zero-order chi connectivity index (χ0) is 24.3. The van der Waals surface area contributed by atoms with Crippen molar-refractivity contribution in [1.29, 1.82) is 0 Å². The molecule has 0 amide bonds. The van der Waals surface area contributed by atoms with Crippen LogP contribution in [0.4, 0.5) is 5.82 Å². The molecule has 2 aromatic heterocycles. The third-order valence-electron chi connectivity index (χ3n) is 5.62. The molecule has 0 spiro atoms. The first-order chi connectivity index (χ1) is 16.2. The largest absolute Gasteiger partial charge is 0.393 e. The highest BCUT2D eigenvalue weighted by Gasteiger charge is 2.35. The first-order valence-corrected chi connectivity index (χ1v) is 13.1. The van der Waals surface area contributed by atoms with Crippen LogP contribution in [-0.2, 0) is 20.9 Å². The van der Waals surface area contributed by atoms with Gasteiger partial charge in [0, 0.05) is 18.2 Å². The summed E-state index contributed by atoms with van der Waals surface area (Å²) in [6, 6.07) is 11.4. The molecule has 3 atom stereocenters. The lowest BCUT2D eigenvalue weighted by Gasteiger charge is -2.15. The molecule has 34 heavy (non-hydrogen) atoms. The van der Waals surface area contributed by atoms with Crippen LogP contribution >= 0.6 is 22.9 Å². The van der Waals surface area contributed by atoms with Gasteiger partial charge in [0.25, 0.3) is 0 Å². The fourth-order valence-electron chi connectivity index (χ4n) is 3.97. The summed E-state index contributed by atoms with van der Waals surface area (Å²) in [5.74, 6) is -0.352. The highest BCUT2D eigenvalue weighted by atomic mass is 35.5. The normalized spacial score (nSPS) is 20.4. The van der Waals surface area contributed by atoms with E-state index in [2.05, 4.69) is 19.5 Å². The SMILES string of the molecule is NS(=O)(=O)OC[C@H]1C[C@@H](Nc2ncncc2C(=O)c2cc(Cc3ccccc3)c(Cl)s2)C[C@@H]1O. The van der Waals surface area contributed by atoms with E-state index in [1.165, 1.54) is 23.9 Å². The predicted octanol–water partition coefficient (Wildman–Crippen LogP) is 2.78. The van der Waals surface area contributed by atoms with Crippen LogP contribution in [0.2, 0.25) is 4.34 Å². The standard InChI is InChI=1S/C22H23ClN4O5S2/c23-21-14(6-13-4-2-1-3-5-13)8-19(33-21)20(29)17-10-25-12-26-22(17)27-16-7-15(18(28)9-16)11-32-34(24,30)31/h1-5,8,10,12,15-16,18,28H,6-7,9,11H2,(H2,24,30,31)(H,25,26,27)/t15-,16-,18+/m1/s1. The molecule has 0 unspecified atom stereocenters. The number of ketones is 1. The van der Waals surface area contributed by atoms with Gasteiger partial charge in [-0.1, -0.05) is 41.9 Å². The van der Waals surface area contributed by atoms with Crippen molar-refractivity contribution in [3.63, 3.8) is 0 Å². The minimum atomic E-state index is -4.09. The number of nitrogens with one attached hydrogen (secondary N) is 1. The molecule has 1 aliphatic rings. The van der Waals surface area contributed by atoms with Gasteiger partial charge in [-0.05, 0) is 36.5 Å². The van der Waals surface area contributed by atoms with Crippen LogP contribution in [0, 0.1) is 5.92 Å². The summed E-state index contributed by atoms with van der Waals surface area (Å²) >= 11 is 7.63. The number of carbonyl (C=O) groups is 1. The van der Waals surface area contributed by atoms with Crippen molar-refractivity contribution in [2.45, 2.75) is 31.4 Å². The number of hydrogen-bond acceptors (Lipinski definition) is 9. The zero-order valence-corrected chi connectivity index (χ0v) is 20.3. The molecule has 3 aromatic rings. The number of hydrogen-bond donors (Lipinski definition) is 3. The highest BCUT2D eigenvalue weighted by molar-refractivity contribution is 7.84. The number of nitrogens with two attached hydrogens (primary N) is 1. The summed E-state index contributed by atoms with van der Waals surface area (Å²) in [5, 5.41) is 18.3. The number of anilines is 1. The molecule has 1 aliphatic carbocycles. The molecular weight excluding hydrogens is 500 g/mol. The number of rotatable bonds is 9. The Labute approximate surface area is 206 Å². The van der Waals surface area contributed by atoms with Gasteiger partial charge in [-0.2, -0.15) is 8.42 Å². The average Bonchev–Trinajstić information content (AvgIpc) is 3.34. The van der Waals surface area contributed by atoms with E-state index in [0.717, 1.165) is 11.1 Å². The maximum absolute atomic E-state index is 13.3. The second-order valence-electron chi connectivity index (χ2n) is 8.10. The lowest BCUT2D eigenvalue weighted by atomic mass is 10.1. The van der Waals surface area contributed by atoms with Crippen molar-refractivity contribution in [3.05, 3.63) is 74.8 Å². The number of carbonyl (C=O) groups excluding carboxylic acids is 1. The van der Waals surface area contributed by atoms with Crippen LogP contribution in [0.25, 0.3) is 0 Å². The van der Waals surface area contributed by atoms with Gasteiger partial charge in [-0.3, -0.25) is 8.98 Å². The van der Waals surface area contributed by atoms with Crippen LogP contribution in [0.3, 0.4) is 0 Å². The summed E-state index contributed by atoms with van der Waals surface area (Å²) in [6.45, 7) is -0.217. The molecule has 4 N–H and O–H groups in total. The van der Waals surface area contributed by atoms with Crippen LogP contribution in [0.5, 0.6) is 0 Å². The number of halogens is 1. The summed E-state index contributed by atoms with van der Waals surface area (Å²) in [4.78, 5) is 22.0. The molecule has 0 aliphatic heterocycles. The van der Waals surface area contributed by atoms with Gasteiger partial charge < -0.3 is 10.4 Å². The Kier molecular flexibility index (Phi) is 7.60. The Morgan fingerprint density at radius 2 is 2.06 bits per heavy atom. The molecule has 0 bridgehead atoms. The molecule has 2 heterocycles. The number of aromatic nitrogens is 2. The summed E-state index contributed by atoms with van der Waals surface area (Å²) in [5.41, 5.74) is 2.24. The average molecular weight is 523 g/mol. The maximum atomic E-state index is 13.3. The molecule has 0 radical (unpaired) electrons. The fourth-order valence-corrected chi connectivity index (χ4v) is 5.57. The fraction of sp³-hybridized carbons (Fsp3) is 0.318. The quantitative estimate of drug-likeness (QED) is 0.364. The monoisotopic (exact) mass is 522 g/mol. The molecule has 12 heteroatoms. The highest BCUT2D eigenvalue weighted by Crippen LogP contribution is 2.33. The minimum Gasteiger partial charge on any atom is -0.393 e. The van der Waals surface area contributed by atoms with E-state index < -0.39 is 22.3 Å². The third kappa shape index (κ3) is 6.17. The van der Waals surface area contributed by atoms with E-state index in [1.54, 1.807) is 6.07 Å². The van der Waals surface area contributed by atoms with Gasteiger partial charge in [0.2, 0.25) is 5.78 Å². The van der Waals surface area contributed by atoms with Gasteiger partial charge in [0.15, 0.2) is 0 Å². The van der Waals surface area contributed by atoms with Crippen LogP contribution < -0.4 is 10.5 Å². The van der Waals surface area contributed by atoms with E-state index >= 15 is 0 Å². The smallest absolute Gasteiger partial charge is 0.333 e. The first-order valence-electron chi connectivity index (χ1n) is 10.5. The Balaban J connectivity index is 1.47. The number of benzene rings is 1. The minimum absolute atomic E-state index is 0.217. The van der Waals surface area contributed by atoms with E-state index in [-0.39, 0.29) is 24.0 Å². The number of thiophene rings is 1. The van der Waals surface area contributed by atoms with Crippen LogP contribution in [0.1, 0.15) is 39.2 Å². The van der Waals surface area contributed by atoms with E-state index in [0.29, 0.717) is 34.3 Å². The molecule has 1 saturated carbocycles. The van der Waals surface area contributed by atoms with Crippen LogP contribution in [0.15, 0.2) is 48.9 Å². The van der Waals surface area contributed by atoms with Crippen molar-refractivity contribution in [3.8, 4) is 0 Å². The second-order valence-corrected chi connectivity index (χ2v) is 11.0. The lowest BCUT2D eigenvalue weighted by molar-refractivity contribution is 0.101. The molecule has 4 rings (SSSR count). The van der Waals surface area contributed by atoms with Crippen molar-refractivity contribution in [1.82, 2.24) is 9.97 Å². The van der Waals surface area contributed by atoms with Crippen molar-refractivity contribution in [2.75, 3.05) is 11.9 Å². The second kappa shape index (κ2) is 10.5.